The van der Waals surface area contributed by atoms with Crippen LogP contribution in [0, 0.1) is 0 Å². The predicted octanol–water partition coefficient (Wildman–Crippen LogP) is 2.43. The normalized spacial score (nSPS) is 10.3. The Hall–Kier alpha value is -2.34. The second-order valence-corrected chi connectivity index (χ2v) is 5.11. The Morgan fingerprint density at radius 2 is 2.18 bits per heavy atom. The molecule has 0 aliphatic carbocycles. The number of nitrogens with zero attached hydrogens (tertiary/aromatic N) is 2. The molecular weight excluding hydrogens is 306 g/mol. The quantitative estimate of drug-likeness (QED) is 0.858. The van der Waals surface area contributed by atoms with Crippen LogP contribution in [0.2, 0.25) is 5.02 Å². The first-order valence-electron chi connectivity index (χ1n) is 6.65. The van der Waals surface area contributed by atoms with E-state index >= 15 is 0 Å². The maximum Gasteiger partial charge on any atom is 0.339 e. The van der Waals surface area contributed by atoms with E-state index in [1.54, 1.807) is 29.1 Å². The highest BCUT2D eigenvalue weighted by atomic mass is 35.5. The SMILES string of the molecule is COC(=O)c1cccc(NC(=O)CCc2cnn(C)c2)c1Cl. The monoisotopic (exact) mass is 321 g/mol. The Morgan fingerprint density at radius 1 is 1.41 bits per heavy atom. The zero-order valence-electron chi connectivity index (χ0n) is 12.3. The first-order valence-corrected chi connectivity index (χ1v) is 7.03. The molecule has 2 rings (SSSR count). The van der Waals surface area contributed by atoms with Gasteiger partial charge in [0.2, 0.25) is 5.91 Å². The molecule has 1 aromatic carbocycles. The number of benzene rings is 1. The summed E-state index contributed by atoms with van der Waals surface area (Å²) in [4.78, 5) is 23.5. The van der Waals surface area contributed by atoms with Gasteiger partial charge in [0.25, 0.3) is 0 Å². The van der Waals surface area contributed by atoms with Crippen molar-refractivity contribution in [3.05, 3.63) is 46.7 Å². The van der Waals surface area contributed by atoms with Gasteiger partial charge in [-0.25, -0.2) is 4.79 Å². The number of hydrogen-bond donors (Lipinski definition) is 1. The largest absolute Gasteiger partial charge is 0.465 e. The smallest absolute Gasteiger partial charge is 0.339 e. The van der Waals surface area contributed by atoms with Crippen molar-refractivity contribution in [2.45, 2.75) is 12.8 Å². The molecule has 116 valence electrons. The van der Waals surface area contributed by atoms with Gasteiger partial charge in [0.1, 0.15) is 0 Å². The first kappa shape index (κ1) is 16.0. The molecule has 6 nitrogen and oxygen atoms in total. The molecule has 22 heavy (non-hydrogen) atoms. The summed E-state index contributed by atoms with van der Waals surface area (Å²) in [6.07, 6.45) is 4.45. The molecule has 0 fully saturated rings. The van der Waals surface area contributed by atoms with Gasteiger partial charge < -0.3 is 10.1 Å². The van der Waals surface area contributed by atoms with E-state index in [0.717, 1.165) is 5.56 Å². The van der Waals surface area contributed by atoms with Crippen LogP contribution in [0.1, 0.15) is 22.3 Å². The molecule has 0 radical (unpaired) electrons. The molecule has 0 atom stereocenters. The van der Waals surface area contributed by atoms with Crippen LogP contribution in [0.5, 0.6) is 0 Å². The molecule has 0 bridgehead atoms. The average Bonchev–Trinajstić information content (AvgIpc) is 2.92. The Balaban J connectivity index is 2.01. The van der Waals surface area contributed by atoms with Crippen molar-refractivity contribution in [2.75, 3.05) is 12.4 Å². The van der Waals surface area contributed by atoms with Gasteiger partial charge in [-0.2, -0.15) is 5.10 Å². The third-order valence-electron chi connectivity index (χ3n) is 3.08. The Labute approximate surface area is 133 Å². The van der Waals surface area contributed by atoms with Crippen LogP contribution in [0.3, 0.4) is 0 Å². The maximum atomic E-state index is 12.0. The topological polar surface area (TPSA) is 73.2 Å². The zero-order valence-corrected chi connectivity index (χ0v) is 13.1. The summed E-state index contributed by atoms with van der Waals surface area (Å²) in [5.74, 6) is -0.732. The minimum atomic E-state index is -0.545. The molecule has 1 amide bonds. The molecule has 0 saturated carbocycles. The minimum Gasteiger partial charge on any atom is -0.465 e. The van der Waals surface area contributed by atoms with Crippen molar-refractivity contribution in [2.24, 2.45) is 7.05 Å². The number of aromatic nitrogens is 2. The number of esters is 1. The number of ether oxygens (including phenoxy) is 1. The van der Waals surface area contributed by atoms with Crippen LogP contribution < -0.4 is 5.32 Å². The maximum absolute atomic E-state index is 12.0. The van der Waals surface area contributed by atoms with E-state index in [1.165, 1.54) is 7.11 Å². The molecule has 0 spiro atoms. The van der Waals surface area contributed by atoms with E-state index < -0.39 is 5.97 Å². The minimum absolute atomic E-state index is 0.170. The number of carbonyl (C=O) groups excluding carboxylic acids is 2. The van der Waals surface area contributed by atoms with Crippen molar-refractivity contribution in [3.8, 4) is 0 Å². The number of methoxy groups -OCH3 is 1. The molecule has 7 heteroatoms. The first-order chi connectivity index (χ1) is 10.5. The Kier molecular flexibility index (Phi) is 5.16. The van der Waals surface area contributed by atoms with Crippen molar-refractivity contribution in [3.63, 3.8) is 0 Å². The predicted molar refractivity (Wildman–Crippen MR) is 83.0 cm³/mol. The van der Waals surface area contributed by atoms with Crippen LogP contribution in [0.4, 0.5) is 5.69 Å². The summed E-state index contributed by atoms with van der Waals surface area (Å²) in [6.45, 7) is 0. The molecule has 1 N–H and O–H groups in total. The molecule has 0 unspecified atom stereocenters. The number of aryl methyl sites for hydroxylation is 2. The van der Waals surface area contributed by atoms with Crippen molar-refractivity contribution in [1.29, 1.82) is 0 Å². The molecule has 2 aromatic rings. The number of nitrogens with one attached hydrogen (secondary N) is 1. The molecule has 0 aliphatic heterocycles. The van der Waals surface area contributed by atoms with E-state index in [2.05, 4.69) is 15.2 Å². The number of anilines is 1. The van der Waals surface area contributed by atoms with Gasteiger partial charge >= 0.3 is 5.97 Å². The highest BCUT2D eigenvalue weighted by Crippen LogP contribution is 2.26. The van der Waals surface area contributed by atoms with Gasteiger partial charge in [-0.15, -0.1) is 0 Å². The van der Waals surface area contributed by atoms with Crippen molar-refractivity contribution < 1.29 is 14.3 Å². The third-order valence-corrected chi connectivity index (χ3v) is 3.48. The summed E-state index contributed by atoms with van der Waals surface area (Å²) in [5, 5.41) is 6.92. The molecule has 1 aromatic heterocycles. The molecule has 1 heterocycles. The van der Waals surface area contributed by atoms with E-state index in [0.29, 0.717) is 18.5 Å². The molecule has 0 saturated heterocycles. The van der Waals surface area contributed by atoms with E-state index in [4.69, 9.17) is 11.6 Å². The highest BCUT2D eigenvalue weighted by molar-refractivity contribution is 6.36. The van der Waals surface area contributed by atoms with Gasteiger partial charge in [-0.05, 0) is 24.1 Å². The lowest BCUT2D eigenvalue weighted by atomic mass is 10.1. The fourth-order valence-electron chi connectivity index (χ4n) is 1.97. The summed E-state index contributed by atoms with van der Waals surface area (Å²) >= 11 is 6.12. The standard InChI is InChI=1S/C15H16ClN3O3/c1-19-9-10(8-17-19)6-7-13(20)18-12-5-3-4-11(14(12)16)15(21)22-2/h3-5,8-9H,6-7H2,1-2H3,(H,18,20). The molecule has 0 aliphatic rings. The lowest BCUT2D eigenvalue weighted by Gasteiger charge is -2.09. The second kappa shape index (κ2) is 7.09. The number of carbonyl (C=O) groups is 2. The third kappa shape index (κ3) is 3.85. The van der Waals surface area contributed by atoms with Crippen molar-refractivity contribution >= 4 is 29.2 Å². The lowest BCUT2D eigenvalue weighted by Crippen LogP contribution is -2.13. The van der Waals surface area contributed by atoms with Crippen LogP contribution in [-0.4, -0.2) is 28.8 Å². The van der Waals surface area contributed by atoms with Gasteiger partial charge in [-0.3, -0.25) is 9.48 Å². The van der Waals surface area contributed by atoms with Crippen LogP contribution >= 0.6 is 11.6 Å². The molecular formula is C15H16ClN3O3. The lowest BCUT2D eigenvalue weighted by molar-refractivity contribution is -0.116. The van der Waals surface area contributed by atoms with Crippen LogP contribution in [0.15, 0.2) is 30.6 Å². The summed E-state index contributed by atoms with van der Waals surface area (Å²) in [7, 11) is 3.10. The van der Waals surface area contributed by atoms with E-state index in [9.17, 15) is 9.59 Å². The van der Waals surface area contributed by atoms with Gasteiger partial charge in [-0.1, -0.05) is 17.7 Å². The van der Waals surface area contributed by atoms with Gasteiger partial charge in [0, 0.05) is 19.7 Å². The summed E-state index contributed by atoms with van der Waals surface area (Å²) < 4.78 is 6.32. The number of hydrogen-bond acceptors (Lipinski definition) is 4. The Bertz CT molecular complexity index is 697. The fourth-order valence-corrected chi connectivity index (χ4v) is 2.22. The van der Waals surface area contributed by atoms with E-state index in [-0.39, 0.29) is 16.5 Å². The van der Waals surface area contributed by atoms with Crippen molar-refractivity contribution in [1.82, 2.24) is 9.78 Å². The summed E-state index contributed by atoms with van der Waals surface area (Å²) in [6, 6.07) is 4.81. The number of halogens is 1. The zero-order chi connectivity index (χ0) is 16.1. The number of amides is 1. The number of rotatable bonds is 5. The highest BCUT2D eigenvalue weighted by Gasteiger charge is 2.15. The van der Waals surface area contributed by atoms with E-state index in [1.807, 2.05) is 13.2 Å². The Morgan fingerprint density at radius 3 is 2.82 bits per heavy atom. The average molecular weight is 322 g/mol. The fraction of sp³-hybridized carbons (Fsp3) is 0.267. The van der Waals surface area contributed by atoms with Crippen LogP contribution in [-0.2, 0) is 23.0 Å². The second-order valence-electron chi connectivity index (χ2n) is 4.73. The van der Waals surface area contributed by atoms with Gasteiger partial charge in [0.15, 0.2) is 0 Å². The summed E-state index contributed by atoms with van der Waals surface area (Å²) in [5.41, 5.74) is 1.59. The van der Waals surface area contributed by atoms with Gasteiger partial charge in [0.05, 0.1) is 29.6 Å². The van der Waals surface area contributed by atoms with Crippen LogP contribution in [0.25, 0.3) is 0 Å².